The summed E-state index contributed by atoms with van der Waals surface area (Å²) >= 11 is 11.9. The van der Waals surface area contributed by atoms with Crippen LogP contribution in [0.3, 0.4) is 0 Å². The Bertz CT molecular complexity index is 1410. The molecule has 0 saturated heterocycles. The van der Waals surface area contributed by atoms with Crippen LogP contribution >= 0.6 is 50.1 Å². The Balaban J connectivity index is 1.61. The predicted molar refractivity (Wildman–Crippen MR) is 148 cm³/mol. The molecule has 3 aromatic carbocycles. The molecule has 0 aliphatic carbocycles. The lowest BCUT2D eigenvalue weighted by molar-refractivity contribution is -0.384. The summed E-state index contributed by atoms with van der Waals surface area (Å²) in [5.74, 6) is 0.326. The van der Waals surface area contributed by atoms with E-state index >= 15 is 0 Å². The van der Waals surface area contributed by atoms with Crippen molar-refractivity contribution < 1.29 is 23.9 Å². The maximum absolute atomic E-state index is 12.5. The van der Waals surface area contributed by atoms with Crippen LogP contribution in [0.2, 0.25) is 5.02 Å². The third kappa shape index (κ3) is 6.05. The number of hydrogen-bond donors (Lipinski definition) is 0. The number of nitrogens with zero attached hydrogens (tertiary/aromatic N) is 2. The van der Waals surface area contributed by atoms with Crippen LogP contribution in [0.1, 0.15) is 23.6 Å². The van der Waals surface area contributed by atoms with E-state index in [-0.39, 0.29) is 27.9 Å². The lowest BCUT2D eigenvalue weighted by atomic mass is 10.1. The summed E-state index contributed by atoms with van der Waals surface area (Å²) in [5, 5.41) is 11.0. The van der Waals surface area contributed by atoms with Crippen molar-refractivity contribution in [2.24, 2.45) is 4.99 Å². The number of nitro benzene ring substituents is 1. The van der Waals surface area contributed by atoms with Gasteiger partial charge in [0.05, 0.1) is 26.6 Å². The van der Waals surface area contributed by atoms with Crippen molar-refractivity contribution in [1.82, 2.24) is 0 Å². The van der Waals surface area contributed by atoms with E-state index in [1.165, 1.54) is 18.2 Å². The summed E-state index contributed by atoms with van der Waals surface area (Å²) in [6.45, 7) is 2.63. The Hall–Kier alpha value is -2.96. The predicted octanol–water partition coefficient (Wildman–Crippen LogP) is 6.94. The molecule has 0 saturated carbocycles. The Morgan fingerprint density at radius 2 is 1.92 bits per heavy atom. The normalized spacial score (nSPS) is 13.9. The first-order valence-electron chi connectivity index (χ1n) is 10.6. The second-order valence-electron chi connectivity index (χ2n) is 7.44. The number of non-ortho nitro benzene ring substituents is 1. The molecule has 0 fully saturated rings. The zero-order valence-corrected chi connectivity index (χ0v) is 23.2. The van der Waals surface area contributed by atoms with Crippen molar-refractivity contribution in [3.05, 3.63) is 100 Å². The molecule has 4 rings (SSSR count). The minimum absolute atomic E-state index is 0.0345. The summed E-state index contributed by atoms with van der Waals surface area (Å²) < 4.78 is 18.9. The first kappa shape index (κ1) is 26.1. The van der Waals surface area contributed by atoms with Gasteiger partial charge in [0.1, 0.15) is 6.61 Å². The fourth-order valence-corrected chi connectivity index (χ4v) is 4.47. The number of esters is 1. The number of aliphatic imine (C=N–C) groups is 1. The number of carbonyl (C=O) groups excluding carboxylic acids is 1. The first-order chi connectivity index (χ1) is 17.2. The van der Waals surface area contributed by atoms with Gasteiger partial charge in [-0.1, -0.05) is 23.7 Å². The van der Waals surface area contributed by atoms with Gasteiger partial charge < -0.3 is 14.2 Å². The van der Waals surface area contributed by atoms with E-state index in [1.807, 2.05) is 31.2 Å². The highest BCUT2D eigenvalue weighted by molar-refractivity contribution is 14.1. The number of nitro groups is 1. The fraction of sp³-hybridized carbons (Fsp3) is 0.120. The number of benzene rings is 3. The molecule has 1 aliphatic heterocycles. The van der Waals surface area contributed by atoms with Gasteiger partial charge in [0.2, 0.25) is 5.90 Å². The van der Waals surface area contributed by atoms with Crippen molar-refractivity contribution in [1.29, 1.82) is 0 Å². The van der Waals surface area contributed by atoms with E-state index < -0.39 is 10.9 Å². The standard InChI is InChI=1S/C25H17BrClIN2O6/c1-2-34-22-11-15(9-19(26)23(22)35-13-14-3-5-16(28)6-4-14)10-21-25(31)36-24(29-21)18-8-7-17(30(32)33)12-20(18)27/h3-12H,2,13H2,1H3/b21-10-. The molecule has 1 aliphatic rings. The Labute approximate surface area is 233 Å². The second kappa shape index (κ2) is 11.4. The van der Waals surface area contributed by atoms with E-state index in [9.17, 15) is 14.9 Å². The molecule has 1 heterocycles. The van der Waals surface area contributed by atoms with E-state index in [4.69, 9.17) is 25.8 Å². The molecule has 184 valence electrons. The lowest BCUT2D eigenvalue weighted by Crippen LogP contribution is -2.06. The molecule has 0 spiro atoms. The van der Waals surface area contributed by atoms with Crippen molar-refractivity contribution in [2.45, 2.75) is 13.5 Å². The molecule has 0 amide bonds. The number of hydrogen-bond acceptors (Lipinski definition) is 7. The third-order valence-corrected chi connectivity index (χ3v) is 6.57. The molecule has 0 N–H and O–H groups in total. The summed E-state index contributed by atoms with van der Waals surface area (Å²) in [5.41, 5.74) is 1.77. The molecule has 0 aromatic heterocycles. The van der Waals surface area contributed by atoms with Gasteiger partial charge in [0.15, 0.2) is 17.2 Å². The second-order valence-corrected chi connectivity index (χ2v) is 9.94. The Kier molecular flexibility index (Phi) is 8.27. The SMILES string of the molecule is CCOc1cc(/C=C2\N=C(c3ccc([N+](=O)[O-])cc3Cl)OC2=O)cc(Br)c1OCc1ccc(I)cc1. The highest BCUT2D eigenvalue weighted by atomic mass is 127. The van der Waals surface area contributed by atoms with Gasteiger partial charge in [0, 0.05) is 15.7 Å². The minimum atomic E-state index is -0.674. The first-order valence-corrected chi connectivity index (χ1v) is 12.8. The average molecular weight is 684 g/mol. The summed E-state index contributed by atoms with van der Waals surface area (Å²) in [7, 11) is 0. The molecule has 36 heavy (non-hydrogen) atoms. The Morgan fingerprint density at radius 1 is 1.17 bits per heavy atom. The topological polar surface area (TPSA) is 100 Å². The number of carbonyl (C=O) groups is 1. The largest absolute Gasteiger partial charge is 0.490 e. The van der Waals surface area contributed by atoms with Crippen molar-refractivity contribution in [3.63, 3.8) is 0 Å². The number of halogens is 3. The number of cyclic esters (lactones) is 1. The van der Waals surface area contributed by atoms with Gasteiger partial charge in [0.25, 0.3) is 5.69 Å². The molecule has 8 nitrogen and oxygen atoms in total. The van der Waals surface area contributed by atoms with Gasteiger partial charge in [-0.3, -0.25) is 10.1 Å². The van der Waals surface area contributed by atoms with Crippen LogP contribution < -0.4 is 9.47 Å². The summed E-state index contributed by atoms with van der Waals surface area (Å²) in [4.78, 5) is 27.1. The summed E-state index contributed by atoms with van der Waals surface area (Å²) in [6.07, 6.45) is 1.55. The van der Waals surface area contributed by atoms with Crippen molar-refractivity contribution in [3.8, 4) is 11.5 Å². The fourth-order valence-electron chi connectivity index (χ4n) is 3.28. The molecule has 0 radical (unpaired) electrons. The lowest BCUT2D eigenvalue weighted by Gasteiger charge is -2.15. The quantitative estimate of drug-likeness (QED) is 0.0839. The molecule has 11 heteroatoms. The minimum Gasteiger partial charge on any atom is -0.490 e. The molecule has 0 bridgehead atoms. The van der Waals surface area contributed by atoms with Crippen LogP contribution in [0, 0.1) is 13.7 Å². The molecular formula is C25H17BrClIN2O6. The molecule has 0 atom stereocenters. The van der Waals surface area contributed by atoms with Gasteiger partial charge in [-0.05, 0) is 93.0 Å². The van der Waals surface area contributed by atoms with Crippen LogP contribution in [0.15, 0.2) is 69.8 Å². The zero-order chi connectivity index (χ0) is 25.8. The highest BCUT2D eigenvalue weighted by Gasteiger charge is 2.27. The molecule has 3 aromatic rings. The smallest absolute Gasteiger partial charge is 0.363 e. The van der Waals surface area contributed by atoms with Crippen LogP contribution in [0.25, 0.3) is 6.08 Å². The zero-order valence-electron chi connectivity index (χ0n) is 18.7. The average Bonchev–Trinajstić information content (AvgIpc) is 3.19. The van der Waals surface area contributed by atoms with E-state index in [0.29, 0.717) is 34.7 Å². The monoisotopic (exact) mass is 682 g/mol. The van der Waals surface area contributed by atoms with Gasteiger partial charge in [-0.15, -0.1) is 0 Å². The maximum Gasteiger partial charge on any atom is 0.363 e. The maximum atomic E-state index is 12.5. The third-order valence-electron chi connectivity index (χ3n) is 4.95. The molecular weight excluding hydrogens is 667 g/mol. The van der Waals surface area contributed by atoms with Gasteiger partial charge >= 0.3 is 5.97 Å². The number of rotatable bonds is 8. The van der Waals surface area contributed by atoms with Gasteiger partial charge in [-0.2, -0.15) is 0 Å². The van der Waals surface area contributed by atoms with E-state index in [2.05, 4.69) is 43.5 Å². The van der Waals surface area contributed by atoms with Crippen LogP contribution in [-0.2, 0) is 16.1 Å². The van der Waals surface area contributed by atoms with Crippen molar-refractivity contribution in [2.75, 3.05) is 6.61 Å². The van der Waals surface area contributed by atoms with E-state index in [0.717, 1.165) is 9.13 Å². The molecule has 0 unspecified atom stereocenters. The van der Waals surface area contributed by atoms with Gasteiger partial charge in [-0.25, -0.2) is 9.79 Å². The van der Waals surface area contributed by atoms with Crippen LogP contribution in [-0.4, -0.2) is 23.4 Å². The van der Waals surface area contributed by atoms with E-state index in [1.54, 1.807) is 18.2 Å². The van der Waals surface area contributed by atoms with Crippen LogP contribution in [0.4, 0.5) is 5.69 Å². The Morgan fingerprint density at radius 3 is 2.58 bits per heavy atom. The van der Waals surface area contributed by atoms with Crippen LogP contribution in [0.5, 0.6) is 11.5 Å². The highest BCUT2D eigenvalue weighted by Crippen LogP contribution is 2.38. The number of ether oxygens (including phenoxy) is 3. The van der Waals surface area contributed by atoms with Crippen molar-refractivity contribution >= 4 is 73.8 Å². The summed E-state index contributed by atoms with van der Waals surface area (Å²) in [6, 6.07) is 15.3.